The van der Waals surface area contributed by atoms with Crippen molar-refractivity contribution in [1.29, 1.82) is 5.26 Å². The second kappa shape index (κ2) is 3.97. The van der Waals surface area contributed by atoms with E-state index in [0.29, 0.717) is 5.56 Å². The van der Waals surface area contributed by atoms with Crippen LogP contribution in [-0.4, -0.2) is 15.2 Å². The molecule has 0 aliphatic carbocycles. The lowest BCUT2D eigenvalue weighted by Gasteiger charge is -2.01. The minimum Gasteiger partial charge on any atom is -0.361 e. The first-order valence-electron chi connectivity index (χ1n) is 6.30. The number of aromatic nitrogens is 3. The van der Waals surface area contributed by atoms with Crippen LogP contribution in [0, 0.1) is 11.3 Å². The van der Waals surface area contributed by atoms with Gasteiger partial charge in [-0.2, -0.15) is 10.4 Å². The van der Waals surface area contributed by atoms with Gasteiger partial charge >= 0.3 is 0 Å². The Morgan fingerprint density at radius 3 is 2.95 bits per heavy atom. The summed E-state index contributed by atoms with van der Waals surface area (Å²) >= 11 is 0. The molecule has 0 aliphatic rings. The summed E-state index contributed by atoms with van der Waals surface area (Å²) in [6, 6.07) is 14.1. The minimum absolute atomic E-state index is 0.686. The molecular formula is C16H10N4. The summed E-state index contributed by atoms with van der Waals surface area (Å²) in [6.07, 6.45) is 3.76. The Balaban J connectivity index is 2.04. The molecule has 0 spiro atoms. The maximum atomic E-state index is 9.29. The molecule has 2 heterocycles. The molecule has 0 atom stereocenters. The fourth-order valence-electron chi connectivity index (χ4n) is 2.62. The molecular weight excluding hydrogens is 248 g/mol. The van der Waals surface area contributed by atoms with Gasteiger partial charge in [-0.05, 0) is 29.8 Å². The number of nitrogens with one attached hydrogen (secondary N) is 2. The fraction of sp³-hybridized carbons (Fsp3) is 0. The van der Waals surface area contributed by atoms with Crippen molar-refractivity contribution in [2.75, 3.05) is 0 Å². The van der Waals surface area contributed by atoms with Gasteiger partial charge in [0.15, 0.2) is 0 Å². The molecule has 0 fully saturated rings. The van der Waals surface area contributed by atoms with E-state index in [9.17, 15) is 5.26 Å². The van der Waals surface area contributed by atoms with E-state index < -0.39 is 0 Å². The molecule has 4 aromatic rings. The molecule has 94 valence electrons. The third-order valence-corrected chi connectivity index (χ3v) is 3.58. The highest BCUT2D eigenvalue weighted by Gasteiger charge is 2.10. The smallest absolute Gasteiger partial charge is 0.0998 e. The second-order valence-electron chi connectivity index (χ2n) is 4.71. The third-order valence-electron chi connectivity index (χ3n) is 3.58. The van der Waals surface area contributed by atoms with Crippen molar-refractivity contribution in [3.8, 4) is 17.2 Å². The van der Waals surface area contributed by atoms with Crippen molar-refractivity contribution < 1.29 is 0 Å². The number of benzene rings is 2. The Hall–Kier alpha value is -3.06. The molecule has 4 rings (SSSR count). The van der Waals surface area contributed by atoms with E-state index in [-0.39, 0.29) is 0 Å². The standard InChI is InChI=1S/C16H10N4/c17-7-11-2-1-3-15-16(11)13(9-18-15)10-4-5-14-12(6-10)8-19-20-14/h1-6,8-9,18H,(H,19,20). The molecule has 2 aromatic heterocycles. The molecule has 0 saturated heterocycles. The number of nitriles is 1. The van der Waals surface area contributed by atoms with Crippen molar-refractivity contribution in [1.82, 2.24) is 15.2 Å². The summed E-state index contributed by atoms with van der Waals surface area (Å²) in [5.74, 6) is 0. The number of fused-ring (bicyclic) bond motifs is 2. The van der Waals surface area contributed by atoms with E-state index in [1.165, 1.54) is 0 Å². The van der Waals surface area contributed by atoms with Gasteiger partial charge in [-0.3, -0.25) is 5.10 Å². The zero-order valence-electron chi connectivity index (χ0n) is 10.5. The van der Waals surface area contributed by atoms with Gasteiger partial charge in [0.2, 0.25) is 0 Å². The van der Waals surface area contributed by atoms with Crippen molar-refractivity contribution in [2.24, 2.45) is 0 Å². The van der Waals surface area contributed by atoms with Crippen LogP contribution in [-0.2, 0) is 0 Å². The average molecular weight is 258 g/mol. The van der Waals surface area contributed by atoms with E-state index in [1.54, 1.807) is 6.20 Å². The summed E-state index contributed by atoms with van der Waals surface area (Å²) in [7, 11) is 0. The summed E-state index contributed by atoms with van der Waals surface area (Å²) in [4.78, 5) is 3.23. The van der Waals surface area contributed by atoms with Crippen LogP contribution in [0.5, 0.6) is 0 Å². The highest BCUT2D eigenvalue weighted by atomic mass is 15.1. The summed E-state index contributed by atoms with van der Waals surface area (Å²) in [5, 5.41) is 18.3. The van der Waals surface area contributed by atoms with Gasteiger partial charge in [-0.1, -0.05) is 12.1 Å². The van der Waals surface area contributed by atoms with E-state index >= 15 is 0 Å². The van der Waals surface area contributed by atoms with Crippen LogP contribution < -0.4 is 0 Å². The van der Waals surface area contributed by atoms with E-state index in [2.05, 4.69) is 27.3 Å². The average Bonchev–Trinajstić information content (AvgIpc) is 3.12. The molecule has 2 aromatic carbocycles. The Labute approximate surface area is 114 Å². The highest BCUT2D eigenvalue weighted by molar-refractivity contribution is 6.00. The van der Waals surface area contributed by atoms with Crippen LogP contribution in [0.1, 0.15) is 5.56 Å². The second-order valence-corrected chi connectivity index (χ2v) is 4.71. The van der Waals surface area contributed by atoms with Gasteiger partial charge in [0.25, 0.3) is 0 Å². The molecule has 0 saturated carbocycles. The summed E-state index contributed by atoms with van der Waals surface area (Å²) in [6.45, 7) is 0. The van der Waals surface area contributed by atoms with Gasteiger partial charge in [0.05, 0.1) is 23.3 Å². The highest BCUT2D eigenvalue weighted by Crippen LogP contribution is 2.32. The maximum absolute atomic E-state index is 9.29. The summed E-state index contributed by atoms with van der Waals surface area (Å²) in [5.41, 5.74) is 4.79. The topological polar surface area (TPSA) is 68.3 Å². The zero-order valence-corrected chi connectivity index (χ0v) is 10.5. The van der Waals surface area contributed by atoms with Crippen molar-refractivity contribution in [2.45, 2.75) is 0 Å². The van der Waals surface area contributed by atoms with Gasteiger partial charge in [0.1, 0.15) is 0 Å². The molecule has 4 nitrogen and oxygen atoms in total. The number of hydrogen-bond acceptors (Lipinski definition) is 2. The molecule has 2 N–H and O–H groups in total. The molecule has 0 aliphatic heterocycles. The first-order valence-corrected chi connectivity index (χ1v) is 6.30. The molecule has 4 heteroatoms. The van der Waals surface area contributed by atoms with Gasteiger partial charge < -0.3 is 4.98 Å². The quantitative estimate of drug-likeness (QED) is 0.548. The number of aromatic amines is 2. The Bertz CT molecular complexity index is 969. The lowest BCUT2D eigenvalue weighted by Crippen LogP contribution is -1.80. The Kier molecular flexibility index (Phi) is 2.15. The normalized spacial score (nSPS) is 10.9. The molecule has 0 bridgehead atoms. The number of rotatable bonds is 1. The monoisotopic (exact) mass is 258 g/mol. The van der Waals surface area contributed by atoms with Crippen LogP contribution in [0.3, 0.4) is 0 Å². The van der Waals surface area contributed by atoms with Gasteiger partial charge in [-0.25, -0.2) is 0 Å². The van der Waals surface area contributed by atoms with Gasteiger partial charge in [0, 0.05) is 28.0 Å². The van der Waals surface area contributed by atoms with Crippen molar-refractivity contribution in [3.63, 3.8) is 0 Å². The molecule has 0 amide bonds. The minimum atomic E-state index is 0.686. The predicted octanol–water partition coefficient (Wildman–Crippen LogP) is 3.58. The van der Waals surface area contributed by atoms with Gasteiger partial charge in [-0.15, -0.1) is 0 Å². The van der Waals surface area contributed by atoms with Crippen molar-refractivity contribution in [3.05, 3.63) is 54.4 Å². The Morgan fingerprint density at radius 1 is 1.10 bits per heavy atom. The number of H-pyrrole nitrogens is 2. The van der Waals surface area contributed by atoms with Crippen LogP contribution in [0.25, 0.3) is 32.9 Å². The van der Waals surface area contributed by atoms with Crippen molar-refractivity contribution >= 4 is 21.8 Å². The van der Waals surface area contributed by atoms with Crippen LogP contribution in [0.4, 0.5) is 0 Å². The zero-order chi connectivity index (χ0) is 13.5. The van der Waals surface area contributed by atoms with Crippen LogP contribution in [0.2, 0.25) is 0 Å². The number of nitrogens with zero attached hydrogens (tertiary/aromatic N) is 2. The van der Waals surface area contributed by atoms with Crippen LogP contribution >= 0.6 is 0 Å². The summed E-state index contributed by atoms with van der Waals surface area (Å²) < 4.78 is 0. The van der Waals surface area contributed by atoms with E-state index in [1.807, 2.05) is 36.5 Å². The maximum Gasteiger partial charge on any atom is 0.0998 e. The third kappa shape index (κ3) is 1.44. The first kappa shape index (κ1) is 10.8. The Morgan fingerprint density at radius 2 is 2.05 bits per heavy atom. The number of hydrogen-bond donors (Lipinski definition) is 2. The predicted molar refractivity (Wildman–Crippen MR) is 78.1 cm³/mol. The first-order chi connectivity index (χ1) is 9.86. The van der Waals surface area contributed by atoms with E-state index in [4.69, 9.17) is 0 Å². The molecule has 0 radical (unpaired) electrons. The largest absolute Gasteiger partial charge is 0.361 e. The van der Waals surface area contributed by atoms with Crippen LogP contribution in [0.15, 0.2) is 48.8 Å². The lowest BCUT2D eigenvalue weighted by molar-refractivity contribution is 1.12. The SMILES string of the molecule is N#Cc1cccc2[nH]cc(-c3ccc4[nH]ncc4c3)c12. The fourth-order valence-corrected chi connectivity index (χ4v) is 2.62. The molecule has 20 heavy (non-hydrogen) atoms. The lowest BCUT2D eigenvalue weighted by atomic mass is 10.0. The van der Waals surface area contributed by atoms with E-state index in [0.717, 1.165) is 32.9 Å². The molecule has 0 unspecified atom stereocenters.